The van der Waals surface area contributed by atoms with Crippen molar-refractivity contribution in [2.45, 2.75) is 6.92 Å². The summed E-state index contributed by atoms with van der Waals surface area (Å²) < 4.78 is 20.6. The third-order valence-corrected chi connectivity index (χ3v) is 5.15. The fourth-order valence-corrected chi connectivity index (χ4v) is 3.73. The standard InChI is InChI=1S/C24H20N2O7S/c1-2-30-24(29)22-18(19-4-3-12-32-19)15-34-23(22)26-20(27)14-33-21(28)10-7-16-5-8-17(9-6-16)31-13-11-25/h3-10,12,15H,2,13-14H2,1H3,(H,26,27)/b10-7+. The number of nitrogens with one attached hydrogen (secondary N) is 1. The van der Waals surface area contributed by atoms with Crippen LogP contribution in [0.4, 0.5) is 5.00 Å². The summed E-state index contributed by atoms with van der Waals surface area (Å²) in [5.41, 5.74) is 1.37. The van der Waals surface area contributed by atoms with Crippen LogP contribution in [0, 0.1) is 11.3 Å². The number of thiophene rings is 1. The predicted octanol–water partition coefficient (Wildman–Crippen LogP) is 4.28. The first kappa shape index (κ1) is 24.3. The molecule has 1 N–H and O–H groups in total. The second-order valence-corrected chi connectivity index (χ2v) is 7.44. The molecule has 0 saturated heterocycles. The first-order valence-electron chi connectivity index (χ1n) is 10.1. The minimum Gasteiger partial charge on any atom is -0.479 e. The van der Waals surface area contributed by atoms with Gasteiger partial charge in [-0.05, 0) is 42.8 Å². The zero-order chi connectivity index (χ0) is 24.3. The molecule has 0 aliphatic carbocycles. The van der Waals surface area contributed by atoms with E-state index in [2.05, 4.69) is 5.32 Å². The van der Waals surface area contributed by atoms with Crippen LogP contribution in [0.2, 0.25) is 0 Å². The number of nitriles is 1. The fourth-order valence-electron chi connectivity index (χ4n) is 2.77. The molecule has 0 unspecified atom stereocenters. The molecule has 0 aliphatic rings. The van der Waals surface area contributed by atoms with Gasteiger partial charge in [0.05, 0.1) is 12.9 Å². The van der Waals surface area contributed by atoms with E-state index in [1.807, 2.05) is 6.07 Å². The van der Waals surface area contributed by atoms with Gasteiger partial charge in [0.15, 0.2) is 13.2 Å². The lowest BCUT2D eigenvalue weighted by Crippen LogP contribution is -2.21. The smallest absolute Gasteiger partial charge is 0.341 e. The van der Waals surface area contributed by atoms with Crippen molar-refractivity contribution in [1.82, 2.24) is 0 Å². The van der Waals surface area contributed by atoms with Gasteiger partial charge in [0.2, 0.25) is 0 Å². The Bertz CT molecular complexity index is 1210. The Morgan fingerprint density at radius 3 is 2.65 bits per heavy atom. The van der Waals surface area contributed by atoms with E-state index in [1.165, 1.54) is 18.4 Å². The van der Waals surface area contributed by atoms with Crippen LogP contribution in [0.15, 0.2) is 58.5 Å². The average molecular weight is 480 g/mol. The quantitative estimate of drug-likeness (QED) is 0.336. The van der Waals surface area contributed by atoms with Crippen molar-refractivity contribution in [1.29, 1.82) is 5.26 Å². The van der Waals surface area contributed by atoms with Crippen LogP contribution in [-0.4, -0.2) is 37.7 Å². The highest BCUT2D eigenvalue weighted by molar-refractivity contribution is 7.15. The maximum atomic E-state index is 12.5. The van der Waals surface area contributed by atoms with Crippen LogP contribution in [0.3, 0.4) is 0 Å². The number of rotatable bonds is 10. The Hall–Kier alpha value is -4.36. The van der Waals surface area contributed by atoms with Gasteiger partial charge >= 0.3 is 11.9 Å². The number of benzene rings is 1. The maximum Gasteiger partial charge on any atom is 0.341 e. The number of carbonyl (C=O) groups excluding carboxylic acids is 3. The Labute approximate surface area is 199 Å². The number of ether oxygens (including phenoxy) is 3. The third kappa shape index (κ3) is 6.57. The van der Waals surface area contributed by atoms with Gasteiger partial charge in [0.1, 0.15) is 28.1 Å². The zero-order valence-electron chi connectivity index (χ0n) is 18.1. The number of amides is 1. The summed E-state index contributed by atoms with van der Waals surface area (Å²) >= 11 is 1.13. The molecule has 0 bridgehead atoms. The van der Waals surface area contributed by atoms with Crippen molar-refractivity contribution in [3.8, 4) is 23.1 Å². The summed E-state index contributed by atoms with van der Waals surface area (Å²) in [4.78, 5) is 36.8. The molecular weight excluding hydrogens is 460 g/mol. The van der Waals surface area contributed by atoms with E-state index in [0.29, 0.717) is 22.6 Å². The molecule has 174 valence electrons. The lowest BCUT2D eigenvalue weighted by atomic mass is 10.1. The van der Waals surface area contributed by atoms with E-state index >= 15 is 0 Å². The van der Waals surface area contributed by atoms with Gasteiger partial charge in [0, 0.05) is 17.0 Å². The Balaban J connectivity index is 1.57. The first-order valence-corrected chi connectivity index (χ1v) is 11.0. The highest BCUT2D eigenvalue weighted by Crippen LogP contribution is 2.36. The molecule has 2 aromatic heterocycles. The fraction of sp³-hybridized carbons (Fsp3) is 0.167. The van der Waals surface area contributed by atoms with Gasteiger partial charge in [0.25, 0.3) is 5.91 Å². The number of nitrogens with zero attached hydrogens (tertiary/aromatic N) is 1. The Morgan fingerprint density at radius 1 is 1.18 bits per heavy atom. The van der Waals surface area contributed by atoms with Crippen molar-refractivity contribution in [3.05, 3.63) is 65.2 Å². The van der Waals surface area contributed by atoms with Crippen LogP contribution < -0.4 is 10.1 Å². The van der Waals surface area contributed by atoms with Crippen LogP contribution in [0.1, 0.15) is 22.8 Å². The molecule has 3 aromatic rings. The molecule has 0 radical (unpaired) electrons. The molecule has 34 heavy (non-hydrogen) atoms. The van der Waals surface area contributed by atoms with Gasteiger partial charge in [-0.15, -0.1) is 11.3 Å². The minimum absolute atomic E-state index is 0.0551. The largest absolute Gasteiger partial charge is 0.479 e. The average Bonchev–Trinajstić information content (AvgIpc) is 3.51. The molecule has 0 saturated carbocycles. The summed E-state index contributed by atoms with van der Waals surface area (Å²) in [5.74, 6) is -0.938. The van der Waals surface area contributed by atoms with Crippen LogP contribution in [-0.2, 0) is 19.1 Å². The first-order chi connectivity index (χ1) is 16.5. The van der Waals surface area contributed by atoms with E-state index in [0.717, 1.165) is 11.3 Å². The summed E-state index contributed by atoms with van der Waals surface area (Å²) in [6, 6.07) is 12.0. The number of anilines is 1. The van der Waals surface area contributed by atoms with E-state index < -0.39 is 24.5 Å². The van der Waals surface area contributed by atoms with E-state index in [9.17, 15) is 14.4 Å². The molecule has 9 nitrogen and oxygen atoms in total. The van der Waals surface area contributed by atoms with Gasteiger partial charge in [-0.2, -0.15) is 5.26 Å². The topological polar surface area (TPSA) is 128 Å². The molecular formula is C24H20N2O7S. The van der Waals surface area contributed by atoms with E-state index in [4.69, 9.17) is 23.9 Å². The minimum atomic E-state index is -0.715. The van der Waals surface area contributed by atoms with Gasteiger partial charge < -0.3 is 23.9 Å². The van der Waals surface area contributed by atoms with Crippen molar-refractivity contribution >= 4 is 40.3 Å². The summed E-state index contributed by atoms with van der Waals surface area (Å²) in [5, 5.41) is 13.0. The van der Waals surface area contributed by atoms with Crippen LogP contribution in [0.5, 0.6) is 5.75 Å². The number of hydrogen-bond donors (Lipinski definition) is 1. The number of hydrogen-bond acceptors (Lipinski definition) is 9. The molecule has 0 fully saturated rings. The van der Waals surface area contributed by atoms with E-state index in [1.54, 1.807) is 48.7 Å². The summed E-state index contributed by atoms with van der Waals surface area (Å²) in [6.07, 6.45) is 4.18. The van der Waals surface area contributed by atoms with Gasteiger partial charge in [-0.3, -0.25) is 4.79 Å². The molecule has 1 aromatic carbocycles. The van der Waals surface area contributed by atoms with E-state index in [-0.39, 0.29) is 23.8 Å². The number of esters is 2. The van der Waals surface area contributed by atoms with Crippen LogP contribution >= 0.6 is 11.3 Å². The highest BCUT2D eigenvalue weighted by atomic mass is 32.1. The van der Waals surface area contributed by atoms with Crippen molar-refractivity contribution < 1.29 is 33.0 Å². The van der Waals surface area contributed by atoms with Gasteiger partial charge in [-0.1, -0.05) is 12.1 Å². The predicted molar refractivity (Wildman–Crippen MR) is 124 cm³/mol. The Kier molecular flexibility index (Phi) is 8.60. The lowest BCUT2D eigenvalue weighted by molar-refractivity contribution is -0.142. The molecule has 3 rings (SSSR count). The number of furan rings is 1. The van der Waals surface area contributed by atoms with Crippen LogP contribution in [0.25, 0.3) is 17.4 Å². The van der Waals surface area contributed by atoms with Crippen molar-refractivity contribution in [3.63, 3.8) is 0 Å². The molecule has 0 atom stereocenters. The highest BCUT2D eigenvalue weighted by Gasteiger charge is 2.24. The number of carbonyl (C=O) groups is 3. The summed E-state index contributed by atoms with van der Waals surface area (Å²) in [7, 11) is 0. The molecule has 0 aliphatic heterocycles. The zero-order valence-corrected chi connectivity index (χ0v) is 18.9. The van der Waals surface area contributed by atoms with Gasteiger partial charge in [-0.25, -0.2) is 9.59 Å². The Morgan fingerprint density at radius 2 is 1.97 bits per heavy atom. The molecule has 2 heterocycles. The van der Waals surface area contributed by atoms with Crippen molar-refractivity contribution in [2.24, 2.45) is 0 Å². The SMILES string of the molecule is CCOC(=O)c1c(-c2ccco2)csc1NC(=O)COC(=O)/C=C/c1ccc(OCC#N)cc1. The normalized spacial score (nSPS) is 10.5. The molecule has 10 heteroatoms. The maximum absolute atomic E-state index is 12.5. The molecule has 0 spiro atoms. The second kappa shape index (κ2) is 12.0. The second-order valence-electron chi connectivity index (χ2n) is 6.56. The lowest BCUT2D eigenvalue weighted by Gasteiger charge is -2.08. The van der Waals surface area contributed by atoms with Crippen molar-refractivity contribution in [2.75, 3.05) is 25.1 Å². The third-order valence-electron chi connectivity index (χ3n) is 4.25. The monoisotopic (exact) mass is 480 g/mol. The summed E-state index contributed by atoms with van der Waals surface area (Å²) in [6.45, 7) is 1.25. The molecule has 1 amide bonds.